The molecule has 9 nitrogen and oxygen atoms in total. The second kappa shape index (κ2) is 10.0. The van der Waals surface area contributed by atoms with E-state index in [1.807, 2.05) is 30.3 Å². The highest BCUT2D eigenvalue weighted by Gasteiger charge is 2.38. The predicted molar refractivity (Wildman–Crippen MR) is 153 cm³/mol. The minimum atomic E-state index is -2.50. The number of nitrogens with one attached hydrogen (secondary N) is 2. The number of ether oxygens (including phenoxy) is 2. The maximum Gasteiger partial charge on any atom is 0.229 e. The van der Waals surface area contributed by atoms with Gasteiger partial charge in [-0.2, -0.15) is 4.98 Å². The molecule has 0 aliphatic carbocycles. The van der Waals surface area contributed by atoms with Crippen molar-refractivity contribution in [1.29, 1.82) is 0 Å². The number of nitrogens with zero attached hydrogens (tertiary/aromatic N) is 4. The van der Waals surface area contributed by atoms with Gasteiger partial charge < -0.3 is 29.6 Å². The van der Waals surface area contributed by atoms with Crippen LogP contribution in [0.15, 0.2) is 42.6 Å². The number of aromatic nitrogens is 2. The van der Waals surface area contributed by atoms with Crippen molar-refractivity contribution in [2.75, 3.05) is 68.3 Å². The summed E-state index contributed by atoms with van der Waals surface area (Å²) in [6, 6.07) is 12.5. The summed E-state index contributed by atoms with van der Waals surface area (Å²) in [6.45, 7) is 10.9. The molecule has 3 aromatic rings. The molecule has 2 fully saturated rings. The number of aryl methyl sites for hydroxylation is 1. The number of para-hydroxylation sites is 1. The van der Waals surface area contributed by atoms with Crippen molar-refractivity contribution in [2.45, 2.75) is 19.0 Å². The lowest BCUT2D eigenvalue weighted by molar-refractivity contribution is -0.0715. The van der Waals surface area contributed by atoms with Crippen LogP contribution >= 0.6 is 18.7 Å². The van der Waals surface area contributed by atoms with Gasteiger partial charge in [-0.3, -0.25) is 4.90 Å². The van der Waals surface area contributed by atoms with Crippen LogP contribution in [0.2, 0.25) is 5.02 Å². The second-order valence-corrected chi connectivity index (χ2v) is 14.1. The lowest BCUT2D eigenvalue weighted by atomic mass is 10.0. The Hall–Kier alpha value is -2.84. The second-order valence-electron chi connectivity index (χ2n) is 10.5. The van der Waals surface area contributed by atoms with E-state index in [-0.39, 0.29) is 0 Å². The molecular weight excluding hydrogens is 523 g/mol. The fraction of sp³-hybridized carbons (Fsp3) is 0.407. The SMILES string of the molecule is Cc1cc(Nc2ncc(Cl)c(Nc3ccccc3P(C)(C)=O)n2)cc2c1N1CCN(C3COC3)C[C@@H]1CO2. The van der Waals surface area contributed by atoms with Gasteiger partial charge >= 0.3 is 0 Å². The number of anilines is 5. The van der Waals surface area contributed by atoms with E-state index in [1.165, 1.54) is 0 Å². The Balaban J connectivity index is 1.21. The first-order valence-electron chi connectivity index (χ1n) is 12.8. The predicted octanol–water partition coefficient (Wildman–Crippen LogP) is 4.46. The largest absolute Gasteiger partial charge is 0.489 e. The molecule has 2 N–H and O–H groups in total. The molecule has 2 saturated heterocycles. The van der Waals surface area contributed by atoms with Crippen LogP contribution in [-0.2, 0) is 9.30 Å². The Morgan fingerprint density at radius 2 is 1.89 bits per heavy atom. The summed E-state index contributed by atoms with van der Waals surface area (Å²) < 4.78 is 24.4. The molecule has 11 heteroatoms. The van der Waals surface area contributed by atoms with Crippen molar-refractivity contribution in [3.63, 3.8) is 0 Å². The van der Waals surface area contributed by atoms with Gasteiger partial charge in [-0.1, -0.05) is 23.7 Å². The number of rotatable bonds is 6. The van der Waals surface area contributed by atoms with Gasteiger partial charge in [0.05, 0.1) is 42.9 Å². The van der Waals surface area contributed by atoms with Crippen LogP contribution in [0.4, 0.5) is 28.8 Å². The Kier molecular flexibility index (Phi) is 6.72. The van der Waals surface area contributed by atoms with Crippen LogP contribution in [0, 0.1) is 6.92 Å². The molecule has 0 saturated carbocycles. The van der Waals surface area contributed by atoms with Gasteiger partial charge in [0.15, 0.2) is 5.82 Å². The van der Waals surface area contributed by atoms with E-state index in [2.05, 4.69) is 43.4 Å². The number of piperazine rings is 1. The quantitative estimate of drug-likeness (QED) is 0.429. The maximum absolute atomic E-state index is 12.8. The van der Waals surface area contributed by atoms with Gasteiger partial charge in [-0.25, -0.2) is 4.98 Å². The molecule has 0 bridgehead atoms. The number of hydrogen-bond donors (Lipinski definition) is 2. The first kappa shape index (κ1) is 25.4. The van der Waals surface area contributed by atoms with Crippen molar-refractivity contribution in [3.05, 3.63) is 53.2 Å². The van der Waals surface area contributed by atoms with Gasteiger partial charge in [0, 0.05) is 36.7 Å². The third-order valence-electron chi connectivity index (χ3n) is 7.37. The average molecular weight is 555 g/mol. The van der Waals surface area contributed by atoms with Crippen molar-refractivity contribution in [2.24, 2.45) is 0 Å². The Bertz CT molecular complexity index is 1410. The summed E-state index contributed by atoms with van der Waals surface area (Å²) in [5.74, 6) is 1.70. The highest BCUT2D eigenvalue weighted by atomic mass is 35.5. The third-order valence-corrected chi connectivity index (χ3v) is 9.20. The first-order chi connectivity index (χ1) is 18.3. The zero-order valence-corrected chi connectivity index (χ0v) is 23.4. The first-order valence-corrected chi connectivity index (χ1v) is 15.8. The summed E-state index contributed by atoms with van der Waals surface area (Å²) >= 11 is 6.42. The summed E-state index contributed by atoms with van der Waals surface area (Å²) in [5, 5.41) is 7.67. The van der Waals surface area contributed by atoms with E-state index < -0.39 is 7.14 Å². The van der Waals surface area contributed by atoms with Crippen LogP contribution in [0.3, 0.4) is 0 Å². The van der Waals surface area contributed by atoms with E-state index in [9.17, 15) is 4.57 Å². The van der Waals surface area contributed by atoms with Crippen LogP contribution < -0.4 is 25.6 Å². The molecule has 6 rings (SSSR count). The Labute approximate surface area is 227 Å². The van der Waals surface area contributed by atoms with Gasteiger partial charge in [0.2, 0.25) is 5.95 Å². The lowest BCUT2D eigenvalue weighted by Crippen LogP contribution is -2.62. The molecule has 0 radical (unpaired) electrons. The summed E-state index contributed by atoms with van der Waals surface area (Å²) in [4.78, 5) is 14.0. The van der Waals surface area contributed by atoms with E-state index in [1.54, 1.807) is 19.5 Å². The average Bonchev–Trinajstić information content (AvgIpc) is 2.84. The molecule has 3 aliphatic heterocycles. The van der Waals surface area contributed by atoms with Gasteiger partial charge in [0.25, 0.3) is 0 Å². The van der Waals surface area contributed by atoms with Crippen LogP contribution in [0.25, 0.3) is 0 Å². The minimum absolute atomic E-state index is 0.340. The highest BCUT2D eigenvalue weighted by Crippen LogP contribution is 2.42. The van der Waals surface area contributed by atoms with Crippen molar-refractivity contribution in [1.82, 2.24) is 14.9 Å². The number of hydrogen-bond acceptors (Lipinski definition) is 9. The normalized spacial score (nSPS) is 19.7. The molecule has 38 heavy (non-hydrogen) atoms. The maximum atomic E-state index is 12.8. The van der Waals surface area contributed by atoms with Crippen molar-refractivity contribution < 1.29 is 14.0 Å². The van der Waals surface area contributed by atoms with Crippen LogP contribution in [0.5, 0.6) is 5.75 Å². The number of halogens is 1. The topological polar surface area (TPSA) is 91.8 Å². The molecule has 200 valence electrons. The molecule has 0 spiro atoms. The molecule has 3 aliphatic rings. The number of benzene rings is 2. The van der Waals surface area contributed by atoms with Gasteiger partial charge in [-0.05, 0) is 44.0 Å². The fourth-order valence-corrected chi connectivity index (χ4v) is 6.68. The molecule has 1 atom stereocenters. The third kappa shape index (κ3) is 4.96. The molecule has 0 amide bonds. The van der Waals surface area contributed by atoms with E-state index in [0.29, 0.717) is 41.2 Å². The van der Waals surface area contributed by atoms with E-state index >= 15 is 0 Å². The van der Waals surface area contributed by atoms with Crippen molar-refractivity contribution >= 4 is 52.9 Å². The van der Waals surface area contributed by atoms with Crippen LogP contribution in [-0.4, -0.2) is 79.7 Å². The molecule has 1 aromatic heterocycles. The van der Waals surface area contributed by atoms with Gasteiger partial charge in [-0.15, -0.1) is 0 Å². The monoisotopic (exact) mass is 554 g/mol. The lowest BCUT2D eigenvalue weighted by Gasteiger charge is -2.49. The summed E-state index contributed by atoms with van der Waals surface area (Å²) in [7, 11) is -2.50. The molecule has 4 heterocycles. The summed E-state index contributed by atoms with van der Waals surface area (Å²) in [5.41, 5.74) is 3.85. The molecule has 2 aromatic carbocycles. The standard InChI is InChI=1S/C27H32ClN6O3P/c1-17-10-18(11-23-25(17)34-9-8-33(20-14-36-15-20)13-19(34)16-37-23)30-27-29-12-21(28)26(32-27)31-22-6-4-5-7-24(22)38(2,3)35/h4-7,10-12,19-20H,8-9,13-16H2,1-3H3,(H2,29,30,31,32)/t19-/m1/s1. The van der Waals surface area contributed by atoms with Gasteiger partial charge in [0.1, 0.15) is 24.5 Å². The van der Waals surface area contributed by atoms with Crippen LogP contribution in [0.1, 0.15) is 5.56 Å². The molecule has 0 unspecified atom stereocenters. The fourth-order valence-electron chi connectivity index (χ4n) is 5.39. The Morgan fingerprint density at radius 1 is 1.08 bits per heavy atom. The molecular formula is C27H32ClN6O3P. The number of fused-ring (bicyclic) bond motifs is 3. The zero-order chi connectivity index (χ0) is 26.4. The highest BCUT2D eigenvalue weighted by molar-refractivity contribution is 7.70. The summed E-state index contributed by atoms with van der Waals surface area (Å²) in [6.07, 6.45) is 1.55. The zero-order valence-electron chi connectivity index (χ0n) is 21.8. The smallest absolute Gasteiger partial charge is 0.229 e. The van der Waals surface area contributed by atoms with Crippen molar-refractivity contribution in [3.8, 4) is 5.75 Å². The minimum Gasteiger partial charge on any atom is -0.489 e. The van der Waals surface area contributed by atoms with E-state index in [4.69, 9.17) is 21.1 Å². The van der Waals surface area contributed by atoms with E-state index in [0.717, 1.165) is 60.8 Å². The Morgan fingerprint density at radius 3 is 2.66 bits per heavy atom.